The van der Waals surface area contributed by atoms with E-state index >= 15 is 0 Å². The van der Waals surface area contributed by atoms with Gasteiger partial charge < -0.3 is 10.2 Å². The summed E-state index contributed by atoms with van der Waals surface area (Å²) in [6, 6.07) is 9.15. The predicted octanol–water partition coefficient (Wildman–Crippen LogP) is 2.22. The van der Waals surface area contributed by atoms with Crippen LogP contribution in [-0.4, -0.2) is 36.5 Å². The number of carbonyl (C=O) groups is 1. The quantitative estimate of drug-likeness (QED) is 0.882. The van der Waals surface area contributed by atoms with Crippen LogP contribution in [0.25, 0.3) is 0 Å². The van der Waals surface area contributed by atoms with Crippen molar-refractivity contribution >= 4 is 5.91 Å². The smallest absolute Gasteiger partial charge is 0.254 e. The van der Waals surface area contributed by atoms with E-state index in [1.807, 2.05) is 25.2 Å². The highest BCUT2D eigenvalue weighted by atomic mass is 16.2. The van der Waals surface area contributed by atoms with Crippen LogP contribution in [0, 0.1) is 0 Å². The number of carbonyl (C=O) groups excluding carboxylic acids is 1. The first-order valence-electron chi connectivity index (χ1n) is 7.35. The molecule has 3 heteroatoms. The Morgan fingerprint density at radius 3 is 2.63 bits per heavy atom. The first kappa shape index (κ1) is 12.7. The fourth-order valence-electron chi connectivity index (χ4n) is 3.47. The summed E-state index contributed by atoms with van der Waals surface area (Å²) in [6.45, 7) is 0.894. The zero-order chi connectivity index (χ0) is 13.2. The monoisotopic (exact) mass is 258 g/mol. The lowest BCUT2D eigenvalue weighted by Gasteiger charge is -2.39. The van der Waals surface area contributed by atoms with Gasteiger partial charge in [-0.3, -0.25) is 4.79 Å². The van der Waals surface area contributed by atoms with Crippen molar-refractivity contribution in [3.05, 3.63) is 35.4 Å². The minimum absolute atomic E-state index is 0.245. The van der Waals surface area contributed by atoms with Crippen molar-refractivity contribution in [1.82, 2.24) is 10.2 Å². The van der Waals surface area contributed by atoms with Crippen LogP contribution in [0.2, 0.25) is 0 Å². The lowest BCUT2D eigenvalue weighted by atomic mass is 9.88. The van der Waals surface area contributed by atoms with E-state index < -0.39 is 0 Å². The van der Waals surface area contributed by atoms with Crippen molar-refractivity contribution in [2.45, 2.75) is 44.2 Å². The molecule has 0 spiro atoms. The highest BCUT2D eigenvalue weighted by Gasteiger charge is 2.31. The molecule has 0 unspecified atom stereocenters. The van der Waals surface area contributed by atoms with E-state index in [2.05, 4.69) is 16.3 Å². The number of hydrogen-bond acceptors (Lipinski definition) is 2. The van der Waals surface area contributed by atoms with E-state index in [0.29, 0.717) is 12.1 Å². The highest BCUT2D eigenvalue weighted by Crippen LogP contribution is 2.28. The predicted molar refractivity (Wildman–Crippen MR) is 76.3 cm³/mol. The number of rotatable bonds is 2. The van der Waals surface area contributed by atoms with Crippen LogP contribution in [0.1, 0.15) is 41.6 Å². The Bertz CT molecular complexity index is 464. The molecular formula is C16H22N2O. The van der Waals surface area contributed by atoms with Gasteiger partial charge in [0.05, 0.1) is 0 Å². The molecule has 2 aliphatic rings. The Morgan fingerprint density at radius 2 is 1.89 bits per heavy atom. The molecule has 1 heterocycles. The van der Waals surface area contributed by atoms with Gasteiger partial charge in [-0.1, -0.05) is 18.2 Å². The number of hydrogen-bond donors (Lipinski definition) is 1. The Labute approximate surface area is 115 Å². The standard InChI is InChI=1S/C16H22N2O/c1-17-13-6-8-14(9-7-13)18-11-10-12-4-2-3-5-15(12)16(18)19/h2-5,13-14,17H,6-11H2,1H3. The van der Waals surface area contributed by atoms with Crippen LogP contribution in [0.5, 0.6) is 0 Å². The van der Waals surface area contributed by atoms with Gasteiger partial charge in [-0.25, -0.2) is 0 Å². The summed E-state index contributed by atoms with van der Waals surface area (Å²) in [4.78, 5) is 14.7. The number of amides is 1. The molecule has 0 saturated heterocycles. The van der Waals surface area contributed by atoms with Crippen molar-refractivity contribution in [2.75, 3.05) is 13.6 Å². The second-order valence-electron chi connectivity index (χ2n) is 5.70. The highest BCUT2D eigenvalue weighted by molar-refractivity contribution is 5.96. The van der Waals surface area contributed by atoms with E-state index in [-0.39, 0.29) is 5.91 Å². The third-order valence-electron chi connectivity index (χ3n) is 4.68. The van der Waals surface area contributed by atoms with E-state index in [1.54, 1.807) is 0 Å². The lowest BCUT2D eigenvalue weighted by Crippen LogP contribution is -2.47. The van der Waals surface area contributed by atoms with Crippen LogP contribution in [0.4, 0.5) is 0 Å². The van der Waals surface area contributed by atoms with Crippen LogP contribution in [-0.2, 0) is 6.42 Å². The fourth-order valence-corrected chi connectivity index (χ4v) is 3.47. The SMILES string of the molecule is CNC1CCC(N2CCc3ccccc3C2=O)CC1. The zero-order valence-corrected chi connectivity index (χ0v) is 11.6. The average Bonchev–Trinajstić information content (AvgIpc) is 2.48. The van der Waals surface area contributed by atoms with Crippen LogP contribution in [0.3, 0.4) is 0 Å². The summed E-state index contributed by atoms with van der Waals surface area (Å²) >= 11 is 0. The maximum absolute atomic E-state index is 12.6. The Balaban J connectivity index is 1.72. The molecule has 3 nitrogen and oxygen atoms in total. The Hall–Kier alpha value is -1.35. The zero-order valence-electron chi connectivity index (χ0n) is 11.6. The molecule has 1 aromatic rings. The number of nitrogens with zero attached hydrogens (tertiary/aromatic N) is 1. The van der Waals surface area contributed by atoms with Crippen molar-refractivity contribution < 1.29 is 4.79 Å². The van der Waals surface area contributed by atoms with Crippen molar-refractivity contribution in [2.24, 2.45) is 0 Å². The molecule has 1 amide bonds. The first-order chi connectivity index (χ1) is 9.29. The lowest BCUT2D eigenvalue weighted by molar-refractivity contribution is 0.0602. The van der Waals surface area contributed by atoms with E-state index in [1.165, 1.54) is 18.4 Å². The normalized spacial score (nSPS) is 27.2. The van der Waals surface area contributed by atoms with Gasteiger partial charge in [-0.2, -0.15) is 0 Å². The van der Waals surface area contributed by atoms with Crippen LogP contribution in [0.15, 0.2) is 24.3 Å². The van der Waals surface area contributed by atoms with Crippen molar-refractivity contribution in [3.8, 4) is 0 Å². The maximum atomic E-state index is 12.6. The number of nitrogens with one attached hydrogen (secondary N) is 1. The molecule has 0 radical (unpaired) electrons. The third-order valence-corrected chi connectivity index (χ3v) is 4.68. The molecule has 1 aliphatic heterocycles. The molecule has 0 bridgehead atoms. The number of fused-ring (bicyclic) bond motifs is 1. The molecule has 1 fully saturated rings. The van der Waals surface area contributed by atoms with Gasteiger partial charge in [0.2, 0.25) is 0 Å². The molecule has 3 rings (SSSR count). The van der Waals surface area contributed by atoms with E-state index in [0.717, 1.165) is 31.4 Å². The Morgan fingerprint density at radius 1 is 1.16 bits per heavy atom. The minimum atomic E-state index is 0.245. The van der Waals surface area contributed by atoms with Crippen LogP contribution >= 0.6 is 0 Å². The van der Waals surface area contributed by atoms with Gasteiger partial charge in [0.1, 0.15) is 0 Å². The molecule has 102 valence electrons. The van der Waals surface area contributed by atoms with Gasteiger partial charge in [-0.15, -0.1) is 0 Å². The maximum Gasteiger partial charge on any atom is 0.254 e. The second-order valence-corrected chi connectivity index (χ2v) is 5.70. The third kappa shape index (κ3) is 2.39. The fraction of sp³-hybridized carbons (Fsp3) is 0.562. The van der Waals surface area contributed by atoms with Crippen molar-refractivity contribution in [3.63, 3.8) is 0 Å². The summed E-state index contributed by atoms with van der Waals surface area (Å²) in [7, 11) is 2.04. The largest absolute Gasteiger partial charge is 0.335 e. The van der Waals surface area contributed by atoms with Gasteiger partial charge in [-0.05, 0) is 50.8 Å². The average molecular weight is 258 g/mol. The topological polar surface area (TPSA) is 32.3 Å². The molecule has 0 aromatic heterocycles. The summed E-state index contributed by atoms with van der Waals surface area (Å²) in [5, 5.41) is 3.35. The van der Waals surface area contributed by atoms with Crippen LogP contribution < -0.4 is 5.32 Å². The molecule has 1 N–H and O–H groups in total. The molecule has 1 aromatic carbocycles. The molecular weight excluding hydrogens is 236 g/mol. The molecule has 1 saturated carbocycles. The summed E-state index contributed by atoms with van der Waals surface area (Å²) in [5.74, 6) is 0.245. The van der Waals surface area contributed by atoms with Crippen molar-refractivity contribution in [1.29, 1.82) is 0 Å². The van der Waals surface area contributed by atoms with Gasteiger partial charge >= 0.3 is 0 Å². The molecule has 1 aliphatic carbocycles. The van der Waals surface area contributed by atoms with Gasteiger partial charge in [0.25, 0.3) is 5.91 Å². The van der Waals surface area contributed by atoms with E-state index in [4.69, 9.17) is 0 Å². The number of benzene rings is 1. The summed E-state index contributed by atoms with van der Waals surface area (Å²) in [5.41, 5.74) is 2.14. The first-order valence-corrected chi connectivity index (χ1v) is 7.35. The van der Waals surface area contributed by atoms with E-state index in [9.17, 15) is 4.79 Å². The van der Waals surface area contributed by atoms with Gasteiger partial charge in [0.15, 0.2) is 0 Å². The summed E-state index contributed by atoms with van der Waals surface area (Å²) in [6.07, 6.45) is 5.66. The summed E-state index contributed by atoms with van der Waals surface area (Å²) < 4.78 is 0. The van der Waals surface area contributed by atoms with Gasteiger partial charge in [0, 0.05) is 24.2 Å². The Kier molecular flexibility index (Phi) is 3.56. The second kappa shape index (κ2) is 5.33. The molecule has 19 heavy (non-hydrogen) atoms. The molecule has 0 atom stereocenters. The minimum Gasteiger partial charge on any atom is -0.335 e.